The lowest BCUT2D eigenvalue weighted by Crippen LogP contribution is -2.35. The van der Waals surface area contributed by atoms with Gasteiger partial charge in [-0.05, 0) is 57.2 Å². The summed E-state index contributed by atoms with van der Waals surface area (Å²) >= 11 is 6.20. The van der Waals surface area contributed by atoms with Crippen LogP contribution < -0.4 is 10.1 Å². The van der Waals surface area contributed by atoms with Crippen LogP contribution >= 0.6 is 11.6 Å². The van der Waals surface area contributed by atoms with Crippen molar-refractivity contribution in [1.29, 1.82) is 0 Å². The van der Waals surface area contributed by atoms with Gasteiger partial charge in [-0.1, -0.05) is 11.6 Å². The lowest BCUT2D eigenvalue weighted by atomic mass is 10.2. The molecule has 30 heavy (non-hydrogen) atoms. The van der Waals surface area contributed by atoms with Crippen molar-refractivity contribution in [1.82, 2.24) is 14.9 Å². The number of hydrogen-bond donors (Lipinski definition) is 1. The standard InChI is InChI=1S/C22H26ClN3O4/c1-5-29-21(30-6-2)13-24-22(27)15-7-9-18-17(11-15)25-14(3)26(18)19-12-16(23)8-10-20(19)28-4/h7-12,21H,5-6,13H2,1-4H3,(H,24,27). The fourth-order valence-corrected chi connectivity index (χ4v) is 3.47. The number of hydrogen-bond acceptors (Lipinski definition) is 5. The van der Waals surface area contributed by atoms with Gasteiger partial charge in [0.1, 0.15) is 11.6 Å². The van der Waals surface area contributed by atoms with E-state index < -0.39 is 6.29 Å². The number of nitrogens with one attached hydrogen (secondary N) is 1. The number of halogens is 1. The molecule has 3 aromatic rings. The first-order valence-electron chi connectivity index (χ1n) is 9.82. The number of aromatic nitrogens is 2. The Bertz CT molecular complexity index is 1030. The summed E-state index contributed by atoms with van der Waals surface area (Å²) in [6.07, 6.45) is -0.468. The molecule has 3 rings (SSSR count). The minimum absolute atomic E-state index is 0.214. The molecule has 1 aromatic heterocycles. The molecule has 0 aliphatic carbocycles. The minimum atomic E-state index is -0.468. The van der Waals surface area contributed by atoms with Gasteiger partial charge in [0.2, 0.25) is 0 Å². The Morgan fingerprint density at radius 1 is 1.17 bits per heavy atom. The zero-order valence-electron chi connectivity index (χ0n) is 17.6. The second-order valence-corrected chi connectivity index (χ2v) is 7.00. The van der Waals surface area contributed by atoms with Crippen molar-refractivity contribution >= 4 is 28.5 Å². The molecule has 0 saturated heterocycles. The van der Waals surface area contributed by atoms with Crippen LogP contribution in [0.1, 0.15) is 30.0 Å². The number of rotatable bonds is 9. The van der Waals surface area contributed by atoms with Gasteiger partial charge in [-0.2, -0.15) is 0 Å². The number of aryl methyl sites for hydroxylation is 1. The summed E-state index contributed by atoms with van der Waals surface area (Å²) in [6, 6.07) is 10.8. The smallest absolute Gasteiger partial charge is 0.251 e. The van der Waals surface area contributed by atoms with E-state index in [0.717, 1.165) is 17.0 Å². The molecule has 8 heteroatoms. The molecular weight excluding hydrogens is 406 g/mol. The lowest BCUT2D eigenvalue weighted by molar-refractivity contribution is -0.131. The van der Waals surface area contributed by atoms with Crippen molar-refractivity contribution in [3.63, 3.8) is 0 Å². The number of ether oxygens (including phenoxy) is 3. The molecule has 0 bridgehead atoms. The van der Waals surface area contributed by atoms with Crippen LogP contribution in [0, 0.1) is 6.92 Å². The molecule has 0 aliphatic heterocycles. The second kappa shape index (κ2) is 9.93. The van der Waals surface area contributed by atoms with E-state index in [0.29, 0.717) is 35.1 Å². The zero-order valence-corrected chi connectivity index (χ0v) is 18.3. The molecule has 0 fully saturated rings. The van der Waals surface area contributed by atoms with Crippen LogP contribution in [0.4, 0.5) is 0 Å². The number of amides is 1. The van der Waals surface area contributed by atoms with Gasteiger partial charge in [-0.3, -0.25) is 9.36 Å². The van der Waals surface area contributed by atoms with E-state index in [1.54, 1.807) is 25.3 Å². The van der Waals surface area contributed by atoms with Gasteiger partial charge in [-0.25, -0.2) is 4.98 Å². The van der Waals surface area contributed by atoms with Crippen molar-refractivity contribution < 1.29 is 19.0 Å². The van der Waals surface area contributed by atoms with Gasteiger partial charge in [0.05, 0.1) is 30.4 Å². The fraction of sp³-hybridized carbons (Fsp3) is 0.364. The summed E-state index contributed by atoms with van der Waals surface area (Å²) in [6.45, 7) is 6.96. The summed E-state index contributed by atoms with van der Waals surface area (Å²) in [5, 5.41) is 3.45. The third-order valence-electron chi connectivity index (χ3n) is 4.60. The largest absolute Gasteiger partial charge is 0.495 e. The van der Waals surface area contributed by atoms with Gasteiger partial charge in [0.25, 0.3) is 5.91 Å². The number of benzene rings is 2. The average Bonchev–Trinajstić information content (AvgIpc) is 3.06. The molecule has 0 unspecified atom stereocenters. The topological polar surface area (TPSA) is 74.6 Å². The van der Waals surface area contributed by atoms with Crippen LogP contribution in [-0.4, -0.2) is 48.6 Å². The van der Waals surface area contributed by atoms with Crippen LogP contribution in [0.15, 0.2) is 36.4 Å². The number of nitrogens with zero attached hydrogens (tertiary/aromatic N) is 2. The maximum absolute atomic E-state index is 12.6. The van der Waals surface area contributed by atoms with Gasteiger partial charge >= 0.3 is 0 Å². The molecule has 1 N–H and O–H groups in total. The first kappa shape index (κ1) is 22.1. The number of carbonyl (C=O) groups is 1. The van der Waals surface area contributed by atoms with Crippen LogP contribution in [0.25, 0.3) is 16.7 Å². The maximum Gasteiger partial charge on any atom is 0.251 e. The molecule has 2 aromatic carbocycles. The number of fused-ring (bicyclic) bond motifs is 1. The highest BCUT2D eigenvalue weighted by atomic mass is 35.5. The second-order valence-electron chi connectivity index (χ2n) is 6.56. The predicted molar refractivity (Wildman–Crippen MR) is 117 cm³/mol. The molecule has 0 spiro atoms. The van der Waals surface area contributed by atoms with Gasteiger partial charge < -0.3 is 19.5 Å². The summed E-state index contributed by atoms with van der Waals surface area (Å²) in [7, 11) is 1.61. The fourth-order valence-electron chi connectivity index (χ4n) is 3.30. The van der Waals surface area contributed by atoms with E-state index in [1.165, 1.54) is 0 Å². The van der Waals surface area contributed by atoms with Crippen LogP contribution in [0.2, 0.25) is 5.02 Å². The number of methoxy groups -OCH3 is 1. The van der Waals surface area contributed by atoms with Crippen molar-refractivity contribution in [3.8, 4) is 11.4 Å². The van der Waals surface area contributed by atoms with Crippen LogP contribution in [-0.2, 0) is 9.47 Å². The van der Waals surface area contributed by atoms with E-state index in [-0.39, 0.29) is 12.5 Å². The minimum Gasteiger partial charge on any atom is -0.495 e. The normalized spacial score (nSPS) is 11.3. The highest BCUT2D eigenvalue weighted by Crippen LogP contribution is 2.31. The molecule has 1 heterocycles. The quantitative estimate of drug-likeness (QED) is 0.516. The molecule has 0 atom stereocenters. The Morgan fingerprint density at radius 3 is 2.57 bits per heavy atom. The Balaban J connectivity index is 1.88. The first-order chi connectivity index (χ1) is 14.5. The SMILES string of the molecule is CCOC(CNC(=O)c1ccc2c(c1)nc(C)n2-c1cc(Cl)ccc1OC)OCC. The van der Waals surface area contributed by atoms with Gasteiger partial charge in [0, 0.05) is 23.8 Å². The maximum atomic E-state index is 12.6. The Kier molecular flexibility index (Phi) is 7.31. The summed E-state index contributed by atoms with van der Waals surface area (Å²) in [5.41, 5.74) is 2.86. The predicted octanol–water partition coefficient (Wildman–Crippen LogP) is 4.12. The van der Waals surface area contributed by atoms with E-state index in [1.807, 2.05) is 43.5 Å². The Labute approximate surface area is 180 Å². The van der Waals surface area contributed by atoms with E-state index >= 15 is 0 Å². The molecule has 160 valence electrons. The zero-order chi connectivity index (χ0) is 21.7. The third kappa shape index (κ3) is 4.75. The monoisotopic (exact) mass is 431 g/mol. The van der Waals surface area contributed by atoms with Crippen LogP contribution in [0.5, 0.6) is 5.75 Å². The molecule has 1 amide bonds. The van der Waals surface area contributed by atoms with Crippen molar-refractivity contribution in [2.45, 2.75) is 27.1 Å². The van der Waals surface area contributed by atoms with Gasteiger partial charge in [-0.15, -0.1) is 0 Å². The molecular formula is C22H26ClN3O4. The number of carbonyl (C=O) groups excluding carboxylic acids is 1. The van der Waals surface area contributed by atoms with Crippen molar-refractivity contribution in [2.24, 2.45) is 0 Å². The third-order valence-corrected chi connectivity index (χ3v) is 4.84. The average molecular weight is 432 g/mol. The van der Waals surface area contributed by atoms with E-state index in [2.05, 4.69) is 10.3 Å². The highest BCUT2D eigenvalue weighted by molar-refractivity contribution is 6.30. The summed E-state index contributed by atoms with van der Waals surface area (Å²) in [5.74, 6) is 1.23. The molecule has 7 nitrogen and oxygen atoms in total. The van der Waals surface area contributed by atoms with Crippen molar-refractivity contribution in [3.05, 3.63) is 52.8 Å². The lowest BCUT2D eigenvalue weighted by Gasteiger charge is -2.17. The highest BCUT2D eigenvalue weighted by Gasteiger charge is 2.17. The summed E-state index contributed by atoms with van der Waals surface area (Å²) in [4.78, 5) is 17.2. The Morgan fingerprint density at radius 2 is 1.90 bits per heavy atom. The van der Waals surface area contributed by atoms with Crippen LogP contribution in [0.3, 0.4) is 0 Å². The van der Waals surface area contributed by atoms with Gasteiger partial charge in [0.15, 0.2) is 6.29 Å². The first-order valence-corrected chi connectivity index (χ1v) is 10.2. The molecule has 0 aliphatic rings. The van der Waals surface area contributed by atoms with E-state index in [4.69, 9.17) is 25.8 Å². The summed E-state index contributed by atoms with van der Waals surface area (Å²) < 4.78 is 18.4. The molecule has 0 saturated carbocycles. The van der Waals surface area contributed by atoms with Crippen molar-refractivity contribution in [2.75, 3.05) is 26.9 Å². The Hall–Kier alpha value is -2.61. The molecule has 0 radical (unpaired) electrons. The van der Waals surface area contributed by atoms with E-state index in [9.17, 15) is 4.79 Å². The number of imidazole rings is 1.